The Balaban J connectivity index is 3.50. The lowest BCUT2D eigenvalue weighted by atomic mass is 10.2. The largest absolute Gasteiger partial charge is 0.584 e. The standard InChI is InChI=1S/C6H10O8/c1-6(2,3)13-14-12-5(9)11-10-4(7)8/h1-3H3,(H,7,8). The number of carboxylic acid groups (broad SMARTS) is 1. The molecule has 14 heavy (non-hydrogen) atoms. The maximum atomic E-state index is 10.4. The lowest BCUT2D eigenvalue weighted by molar-refractivity contribution is -0.519. The molecule has 0 aliphatic rings. The van der Waals surface area contributed by atoms with Gasteiger partial charge in [0, 0.05) is 0 Å². The third kappa shape index (κ3) is 8.56. The highest BCUT2D eigenvalue weighted by Crippen LogP contribution is 2.07. The maximum absolute atomic E-state index is 10.4. The van der Waals surface area contributed by atoms with Crippen molar-refractivity contribution in [1.29, 1.82) is 0 Å². The van der Waals surface area contributed by atoms with Crippen LogP contribution in [0.4, 0.5) is 9.59 Å². The van der Waals surface area contributed by atoms with E-state index in [0.29, 0.717) is 0 Å². The van der Waals surface area contributed by atoms with Crippen molar-refractivity contribution in [3.63, 3.8) is 0 Å². The molecule has 0 aromatic heterocycles. The van der Waals surface area contributed by atoms with Crippen LogP contribution in [0.3, 0.4) is 0 Å². The fraction of sp³-hybridized carbons (Fsp3) is 0.667. The SMILES string of the molecule is CC(C)(C)OOOC(=O)OOC(=O)O. The maximum Gasteiger partial charge on any atom is 0.584 e. The van der Waals surface area contributed by atoms with Crippen molar-refractivity contribution < 1.29 is 39.3 Å². The molecule has 82 valence electrons. The third-order valence-corrected chi connectivity index (χ3v) is 0.567. The van der Waals surface area contributed by atoms with Crippen LogP contribution in [-0.2, 0) is 24.6 Å². The fourth-order valence-electron chi connectivity index (χ4n) is 0.230. The van der Waals surface area contributed by atoms with E-state index >= 15 is 0 Å². The van der Waals surface area contributed by atoms with Crippen molar-refractivity contribution >= 4 is 12.3 Å². The molecule has 0 fully saturated rings. The molecule has 0 bridgehead atoms. The van der Waals surface area contributed by atoms with Gasteiger partial charge in [0.15, 0.2) is 0 Å². The Morgan fingerprint density at radius 2 is 1.64 bits per heavy atom. The first-order valence-electron chi connectivity index (χ1n) is 3.45. The van der Waals surface area contributed by atoms with E-state index in [4.69, 9.17) is 5.11 Å². The molecule has 0 aliphatic carbocycles. The van der Waals surface area contributed by atoms with Crippen LogP contribution in [0, 0.1) is 0 Å². The molecule has 8 nitrogen and oxygen atoms in total. The van der Waals surface area contributed by atoms with E-state index in [-0.39, 0.29) is 0 Å². The Morgan fingerprint density at radius 3 is 2.07 bits per heavy atom. The Bertz CT molecular complexity index is 204. The molecule has 0 aromatic rings. The van der Waals surface area contributed by atoms with Gasteiger partial charge in [0.2, 0.25) is 0 Å². The van der Waals surface area contributed by atoms with Crippen molar-refractivity contribution in [2.45, 2.75) is 26.4 Å². The first kappa shape index (κ1) is 12.5. The lowest BCUT2D eigenvalue weighted by Crippen LogP contribution is -2.21. The highest BCUT2D eigenvalue weighted by atomic mass is 17.5. The number of rotatable bonds is 2. The minimum Gasteiger partial charge on any atom is -0.447 e. The topological polar surface area (TPSA) is 101 Å². The summed E-state index contributed by atoms with van der Waals surface area (Å²) in [5.74, 6) is 0. The second kappa shape index (κ2) is 5.25. The molecule has 0 saturated heterocycles. The molecule has 0 aromatic carbocycles. The zero-order valence-electron chi connectivity index (χ0n) is 7.80. The van der Waals surface area contributed by atoms with Crippen LogP contribution in [-0.4, -0.2) is 23.0 Å². The Hall–Kier alpha value is -1.54. The van der Waals surface area contributed by atoms with E-state index in [1.807, 2.05) is 0 Å². The van der Waals surface area contributed by atoms with Crippen molar-refractivity contribution in [3.05, 3.63) is 0 Å². The molecule has 1 N–H and O–H groups in total. The Kier molecular flexibility index (Phi) is 4.67. The lowest BCUT2D eigenvalue weighted by Gasteiger charge is -2.14. The van der Waals surface area contributed by atoms with Gasteiger partial charge in [-0.15, -0.1) is 0 Å². The summed E-state index contributed by atoms with van der Waals surface area (Å²) in [6, 6.07) is 0. The van der Waals surface area contributed by atoms with Gasteiger partial charge in [-0.25, -0.2) is 9.68 Å². The molecule has 0 spiro atoms. The van der Waals surface area contributed by atoms with E-state index < -0.39 is 17.9 Å². The number of hydrogen-bond acceptors (Lipinski definition) is 7. The van der Waals surface area contributed by atoms with Gasteiger partial charge in [0.1, 0.15) is 0 Å². The molecule has 0 radical (unpaired) electrons. The quantitative estimate of drug-likeness (QED) is 0.539. The van der Waals surface area contributed by atoms with E-state index in [1.54, 1.807) is 20.8 Å². The first-order chi connectivity index (χ1) is 6.31. The predicted molar refractivity (Wildman–Crippen MR) is 38.6 cm³/mol. The molecule has 0 saturated carbocycles. The molecule has 8 heteroatoms. The molecular formula is C6H10O8. The summed E-state index contributed by atoms with van der Waals surface area (Å²) in [7, 11) is 0. The van der Waals surface area contributed by atoms with E-state index in [1.165, 1.54) is 0 Å². The number of hydrogen-bond donors (Lipinski definition) is 1. The highest BCUT2D eigenvalue weighted by Gasteiger charge is 2.16. The monoisotopic (exact) mass is 210 g/mol. The van der Waals surface area contributed by atoms with Crippen LogP contribution >= 0.6 is 0 Å². The van der Waals surface area contributed by atoms with Crippen molar-refractivity contribution in [3.8, 4) is 0 Å². The van der Waals surface area contributed by atoms with Gasteiger partial charge >= 0.3 is 12.3 Å². The van der Waals surface area contributed by atoms with Gasteiger partial charge in [-0.05, 0) is 25.8 Å². The van der Waals surface area contributed by atoms with Gasteiger partial charge in [0.05, 0.1) is 5.60 Å². The molecule has 0 atom stereocenters. The molecule has 0 amide bonds. The summed E-state index contributed by atoms with van der Waals surface area (Å²) in [5.41, 5.74) is -0.687. The van der Waals surface area contributed by atoms with Gasteiger partial charge in [0.25, 0.3) is 0 Å². The molecule has 0 unspecified atom stereocenters. The molecular weight excluding hydrogens is 200 g/mol. The summed E-state index contributed by atoms with van der Waals surface area (Å²) in [4.78, 5) is 35.3. The zero-order chi connectivity index (χ0) is 11.2. The zero-order valence-corrected chi connectivity index (χ0v) is 7.80. The number of carbonyl (C=O) groups is 2. The van der Waals surface area contributed by atoms with Crippen LogP contribution in [0.5, 0.6) is 0 Å². The van der Waals surface area contributed by atoms with Gasteiger partial charge in [-0.1, -0.05) is 0 Å². The van der Waals surface area contributed by atoms with E-state index in [9.17, 15) is 9.59 Å². The summed E-state index contributed by atoms with van der Waals surface area (Å²) >= 11 is 0. The van der Waals surface area contributed by atoms with E-state index in [0.717, 1.165) is 0 Å². The van der Waals surface area contributed by atoms with Crippen molar-refractivity contribution in [2.24, 2.45) is 0 Å². The minimum absolute atomic E-state index is 0.687. The van der Waals surface area contributed by atoms with Gasteiger partial charge in [-0.2, -0.15) is 19.5 Å². The van der Waals surface area contributed by atoms with Crippen LogP contribution in [0.1, 0.15) is 20.8 Å². The minimum atomic E-state index is -1.79. The van der Waals surface area contributed by atoms with Crippen molar-refractivity contribution in [2.75, 3.05) is 0 Å². The number of carbonyl (C=O) groups excluding carboxylic acids is 1. The second-order valence-electron chi connectivity index (χ2n) is 3.03. The normalized spacial score (nSPS) is 10.5. The second-order valence-corrected chi connectivity index (χ2v) is 3.03. The highest BCUT2D eigenvalue weighted by molar-refractivity contribution is 5.61. The first-order valence-corrected chi connectivity index (χ1v) is 3.45. The summed E-state index contributed by atoms with van der Waals surface area (Å²) < 4.78 is 0. The van der Waals surface area contributed by atoms with Gasteiger partial charge in [-0.3, -0.25) is 0 Å². The summed E-state index contributed by atoms with van der Waals surface area (Å²) in [6.45, 7) is 4.90. The molecule has 0 heterocycles. The predicted octanol–water partition coefficient (Wildman–Crippen LogP) is 1.41. The average molecular weight is 210 g/mol. The van der Waals surface area contributed by atoms with Crippen LogP contribution in [0.25, 0.3) is 0 Å². The van der Waals surface area contributed by atoms with Crippen LogP contribution in [0.2, 0.25) is 0 Å². The Labute approximate surface area is 79.0 Å². The third-order valence-electron chi connectivity index (χ3n) is 0.567. The van der Waals surface area contributed by atoms with Crippen LogP contribution in [0.15, 0.2) is 0 Å². The van der Waals surface area contributed by atoms with Gasteiger partial charge < -0.3 is 5.11 Å². The molecule has 0 aliphatic heterocycles. The summed E-state index contributed by atoms with van der Waals surface area (Å²) in [5, 5.41) is 11.8. The van der Waals surface area contributed by atoms with E-state index in [2.05, 4.69) is 24.6 Å². The van der Waals surface area contributed by atoms with Crippen molar-refractivity contribution in [1.82, 2.24) is 0 Å². The smallest absolute Gasteiger partial charge is 0.447 e. The van der Waals surface area contributed by atoms with Crippen LogP contribution < -0.4 is 0 Å². The average Bonchev–Trinajstić information content (AvgIpc) is 1.98. The fourth-order valence-corrected chi connectivity index (χ4v) is 0.230. The molecule has 0 rings (SSSR count). The Morgan fingerprint density at radius 1 is 1.07 bits per heavy atom. The summed E-state index contributed by atoms with van der Waals surface area (Å²) in [6.07, 6.45) is -3.30.